The van der Waals surface area contributed by atoms with E-state index in [-0.39, 0.29) is 0 Å². The average Bonchev–Trinajstić information content (AvgIpc) is 3.13. The maximum Gasteiger partial charge on any atom is 0.191 e. The minimum Gasteiger partial charge on any atom is -0.496 e. The fourth-order valence-electron chi connectivity index (χ4n) is 3.04. The Kier molecular flexibility index (Phi) is 6.68. The van der Waals surface area contributed by atoms with Gasteiger partial charge in [0.25, 0.3) is 0 Å². The highest BCUT2D eigenvalue weighted by Gasteiger charge is 2.04. The molecule has 146 valence electrons. The zero-order valence-electron chi connectivity index (χ0n) is 16.6. The lowest BCUT2D eigenvalue weighted by atomic mass is 10.1. The van der Waals surface area contributed by atoms with Crippen LogP contribution in [0.25, 0.3) is 0 Å². The molecule has 0 unspecified atom stereocenters. The lowest BCUT2D eigenvalue weighted by Crippen LogP contribution is -2.36. The number of aryl methyl sites for hydroxylation is 1. The molecule has 3 rings (SSSR count). The van der Waals surface area contributed by atoms with Gasteiger partial charge < -0.3 is 19.9 Å². The van der Waals surface area contributed by atoms with Gasteiger partial charge in [0, 0.05) is 44.6 Å². The molecule has 0 radical (unpaired) electrons. The third-order valence-corrected chi connectivity index (χ3v) is 4.59. The van der Waals surface area contributed by atoms with E-state index in [1.54, 1.807) is 14.2 Å². The predicted octanol–water partition coefficient (Wildman–Crippen LogP) is 3.11. The quantitative estimate of drug-likeness (QED) is 0.491. The SMILES string of the molecule is CN=C(NCc1cccc(Cn2ccnc2C)c1)NCc1ccccc1OC. The first-order chi connectivity index (χ1) is 13.7. The van der Waals surface area contributed by atoms with Gasteiger partial charge in [-0.15, -0.1) is 0 Å². The Labute approximate surface area is 166 Å². The minimum absolute atomic E-state index is 0.642. The molecule has 2 aromatic carbocycles. The molecule has 3 aromatic rings. The first kappa shape index (κ1) is 19.5. The molecule has 0 saturated carbocycles. The number of imidazole rings is 1. The zero-order valence-corrected chi connectivity index (χ0v) is 16.6. The largest absolute Gasteiger partial charge is 0.496 e. The van der Waals surface area contributed by atoms with Crippen molar-refractivity contribution in [3.8, 4) is 5.75 Å². The summed E-state index contributed by atoms with van der Waals surface area (Å²) in [6.07, 6.45) is 3.84. The van der Waals surface area contributed by atoms with Gasteiger partial charge in [-0.25, -0.2) is 4.98 Å². The van der Waals surface area contributed by atoms with Crippen LogP contribution in [-0.2, 0) is 19.6 Å². The van der Waals surface area contributed by atoms with E-state index in [9.17, 15) is 0 Å². The van der Waals surface area contributed by atoms with E-state index in [2.05, 4.69) is 49.4 Å². The van der Waals surface area contributed by atoms with Crippen molar-refractivity contribution >= 4 is 5.96 Å². The second-order valence-corrected chi connectivity index (χ2v) is 6.51. The van der Waals surface area contributed by atoms with Crippen LogP contribution >= 0.6 is 0 Å². The molecule has 0 aliphatic rings. The summed E-state index contributed by atoms with van der Waals surface area (Å²) in [6, 6.07) is 16.5. The fraction of sp³-hybridized carbons (Fsp3) is 0.273. The van der Waals surface area contributed by atoms with Crippen LogP contribution in [0.3, 0.4) is 0 Å². The van der Waals surface area contributed by atoms with Crippen molar-refractivity contribution in [3.63, 3.8) is 0 Å². The van der Waals surface area contributed by atoms with Crippen LogP contribution in [0.15, 0.2) is 65.9 Å². The van der Waals surface area contributed by atoms with Gasteiger partial charge in [-0.2, -0.15) is 0 Å². The van der Waals surface area contributed by atoms with Gasteiger partial charge in [0.2, 0.25) is 0 Å². The normalized spacial score (nSPS) is 11.3. The summed E-state index contributed by atoms with van der Waals surface area (Å²) in [5, 5.41) is 6.71. The van der Waals surface area contributed by atoms with E-state index in [0.29, 0.717) is 13.1 Å². The molecule has 0 aliphatic heterocycles. The van der Waals surface area contributed by atoms with E-state index in [1.165, 1.54) is 11.1 Å². The Morgan fingerprint density at radius 3 is 2.61 bits per heavy atom. The summed E-state index contributed by atoms with van der Waals surface area (Å²) in [5.41, 5.74) is 3.54. The summed E-state index contributed by atoms with van der Waals surface area (Å²) >= 11 is 0. The van der Waals surface area contributed by atoms with Gasteiger partial charge in [0.1, 0.15) is 11.6 Å². The average molecular weight is 377 g/mol. The molecule has 6 heteroatoms. The predicted molar refractivity (Wildman–Crippen MR) is 113 cm³/mol. The summed E-state index contributed by atoms with van der Waals surface area (Å²) in [4.78, 5) is 8.59. The maximum atomic E-state index is 5.40. The summed E-state index contributed by atoms with van der Waals surface area (Å²) in [7, 11) is 3.46. The number of hydrogen-bond acceptors (Lipinski definition) is 3. The summed E-state index contributed by atoms with van der Waals surface area (Å²) < 4.78 is 7.54. The van der Waals surface area contributed by atoms with Crippen molar-refractivity contribution in [2.45, 2.75) is 26.6 Å². The number of benzene rings is 2. The van der Waals surface area contributed by atoms with Crippen LogP contribution < -0.4 is 15.4 Å². The molecule has 2 N–H and O–H groups in total. The number of hydrogen-bond donors (Lipinski definition) is 2. The van der Waals surface area contributed by atoms with Gasteiger partial charge in [0.15, 0.2) is 5.96 Å². The van der Waals surface area contributed by atoms with Gasteiger partial charge >= 0.3 is 0 Å². The van der Waals surface area contributed by atoms with Crippen LogP contribution in [0.2, 0.25) is 0 Å². The molecule has 0 atom stereocenters. The standard InChI is InChI=1S/C22H27N5O/c1-17-24-11-12-27(17)16-19-8-6-7-18(13-19)14-25-22(23-2)26-15-20-9-4-5-10-21(20)28-3/h4-13H,14-16H2,1-3H3,(H2,23,25,26). The first-order valence-corrected chi connectivity index (χ1v) is 9.31. The summed E-state index contributed by atoms with van der Waals surface area (Å²) in [6.45, 7) is 4.18. The second-order valence-electron chi connectivity index (χ2n) is 6.51. The first-order valence-electron chi connectivity index (χ1n) is 9.31. The molecular formula is C22H27N5O. The maximum absolute atomic E-state index is 5.40. The Hall–Kier alpha value is -3.28. The molecule has 0 fully saturated rings. The number of guanidine groups is 1. The van der Waals surface area contributed by atoms with Crippen LogP contribution in [0.1, 0.15) is 22.5 Å². The Bertz CT molecular complexity index is 932. The van der Waals surface area contributed by atoms with Crippen molar-refractivity contribution in [2.24, 2.45) is 4.99 Å². The lowest BCUT2D eigenvalue weighted by molar-refractivity contribution is 0.409. The molecule has 6 nitrogen and oxygen atoms in total. The van der Waals surface area contributed by atoms with E-state index < -0.39 is 0 Å². The van der Waals surface area contributed by atoms with Crippen LogP contribution in [0.4, 0.5) is 0 Å². The van der Waals surface area contributed by atoms with E-state index in [1.807, 2.05) is 43.6 Å². The van der Waals surface area contributed by atoms with Gasteiger partial charge in [-0.1, -0.05) is 42.5 Å². The number of para-hydroxylation sites is 1. The third-order valence-electron chi connectivity index (χ3n) is 4.59. The lowest BCUT2D eigenvalue weighted by Gasteiger charge is -2.14. The van der Waals surface area contributed by atoms with Crippen LogP contribution in [-0.4, -0.2) is 29.7 Å². The number of nitrogens with zero attached hydrogens (tertiary/aromatic N) is 3. The highest BCUT2D eigenvalue weighted by molar-refractivity contribution is 5.79. The monoisotopic (exact) mass is 377 g/mol. The van der Waals surface area contributed by atoms with Crippen molar-refractivity contribution in [1.29, 1.82) is 0 Å². The van der Waals surface area contributed by atoms with Crippen molar-refractivity contribution in [3.05, 3.63) is 83.4 Å². The smallest absolute Gasteiger partial charge is 0.191 e. The van der Waals surface area contributed by atoms with E-state index in [0.717, 1.165) is 29.6 Å². The Balaban J connectivity index is 1.56. The van der Waals surface area contributed by atoms with E-state index >= 15 is 0 Å². The molecule has 0 spiro atoms. The number of aliphatic imine (C=N–C) groups is 1. The Morgan fingerprint density at radius 2 is 1.86 bits per heavy atom. The number of methoxy groups -OCH3 is 1. The van der Waals surface area contributed by atoms with Gasteiger partial charge in [-0.3, -0.25) is 4.99 Å². The molecular weight excluding hydrogens is 350 g/mol. The molecule has 0 aliphatic carbocycles. The van der Waals surface area contributed by atoms with Gasteiger partial charge in [0.05, 0.1) is 7.11 Å². The highest BCUT2D eigenvalue weighted by atomic mass is 16.5. The number of rotatable bonds is 7. The molecule has 0 bridgehead atoms. The molecule has 0 saturated heterocycles. The molecule has 0 amide bonds. The zero-order chi connectivity index (χ0) is 19.8. The second kappa shape index (κ2) is 9.60. The highest BCUT2D eigenvalue weighted by Crippen LogP contribution is 2.16. The van der Waals surface area contributed by atoms with Gasteiger partial charge in [-0.05, 0) is 24.1 Å². The number of nitrogens with one attached hydrogen (secondary N) is 2. The van der Waals surface area contributed by atoms with Crippen LogP contribution in [0.5, 0.6) is 5.75 Å². The molecule has 28 heavy (non-hydrogen) atoms. The Morgan fingerprint density at radius 1 is 1.07 bits per heavy atom. The van der Waals surface area contributed by atoms with E-state index in [4.69, 9.17) is 4.74 Å². The number of ether oxygens (including phenoxy) is 1. The minimum atomic E-state index is 0.642. The third kappa shape index (κ3) is 5.13. The van der Waals surface area contributed by atoms with Crippen molar-refractivity contribution < 1.29 is 4.74 Å². The molecule has 1 aromatic heterocycles. The van der Waals surface area contributed by atoms with Crippen LogP contribution in [0, 0.1) is 6.92 Å². The molecule has 1 heterocycles. The van der Waals surface area contributed by atoms with Crippen molar-refractivity contribution in [2.75, 3.05) is 14.2 Å². The topological polar surface area (TPSA) is 63.5 Å². The van der Waals surface area contributed by atoms with Crippen molar-refractivity contribution in [1.82, 2.24) is 20.2 Å². The number of aromatic nitrogens is 2. The fourth-order valence-corrected chi connectivity index (χ4v) is 3.04. The summed E-state index contributed by atoms with van der Waals surface area (Å²) in [5.74, 6) is 2.64.